The number of carbonyl (C=O) groups is 1. The molecule has 0 saturated carbocycles. The SMILES string of the molecule is O=C(CCS(=O)(=O)Cc1csc(-c2ccc(C(F)(F)F)cc2)n1)N1CCCCC1. The number of hydrogen-bond acceptors (Lipinski definition) is 5. The standard InChI is InChI=1S/C19H21F3N2O3S2/c20-19(21,22)15-6-4-14(5-7-15)18-23-16(12-28-18)13-29(26,27)11-8-17(25)24-9-2-1-3-10-24/h4-7,12H,1-3,8-11,13H2. The largest absolute Gasteiger partial charge is 0.416 e. The van der Waals surface area contributed by atoms with Crippen LogP contribution in [0, 0.1) is 0 Å². The number of rotatable bonds is 6. The van der Waals surface area contributed by atoms with Gasteiger partial charge in [0.1, 0.15) is 5.01 Å². The molecule has 10 heteroatoms. The number of nitrogens with zero attached hydrogens (tertiary/aromatic N) is 2. The van der Waals surface area contributed by atoms with Crippen LogP contribution in [0.4, 0.5) is 13.2 Å². The highest BCUT2D eigenvalue weighted by Gasteiger charge is 2.30. The molecule has 0 N–H and O–H groups in total. The molecule has 1 aliphatic rings. The number of aromatic nitrogens is 1. The van der Waals surface area contributed by atoms with Gasteiger partial charge >= 0.3 is 6.18 Å². The minimum absolute atomic E-state index is 0.0434. The van der Waals surface area contributed by atoms with Crippen LogP contribution in [0.1, 0.15) is 36.9 Å². The first-order chi connectivity index (χ1) is 13.6. The van der Waals surface area contributed by atoms with Gasteiger partial charge in [0.15, 0.2) is 9.84 Å². The highest BCUT2D eigenvalue weighted by molar-refractivity contribution is 7.90. The van der Waals surface area contributed by atoms with Crippen LogP contribution in [0.5, 0.6) is 0 Å². The number of amides is 1. The van der Waals surface area contributed by atoms with Gasteiger partial charge in [0.2, 0.25) is 5.91 Å². The fourth-order valence-corrected chi connectivity index (χ4v) is 5.31. The van der Waals surface area contributed by atoms with Gasteiger partial charge in [-0.1, -0.05) is 12.1 Å². The number of carbonyl (C=O) groups excluding carboxylic acids is 1. The average molecular weight is 447 g/mol. The topological polar surface area (TPSA) is 67.3 Å². The molecule has 0 spiro atoms. The first-order valence-corrected chi connectivity index (χ1v) is 11.9. The number of thiazole rings is 1. The summed E-state index contributed by atoms with van der Waals surface area (Å²) in [4.78, 5) is 18.1. The molecule has 1 fully saturated rings. The lowest BCUT2D eigenvalue weighted by atomic mass is 10.1. The van der Waals surface area contributed by atoms with E-state index in [9.17, 15) is 26.4 Å². The quantitative estimate of drug-likeness (QED) is 0.669. The van der Waals surface area contributed by atoms with Crippen LogP contribution in [0.15, 0.2) is 29.6 Å². The van der Waals surface area contributed by atoms with E-state index in [1.807, 2.05) is 0 Å². The van der Waals surface area contributed by atoms with Crippen LogP contribution in [0.3, 0.4) is 0 Å². The zero-order valence-electron chi connectivity index (χ0n) is 15.6. The van der Waals surface area contributed by atoms with Crippen molar-refractivity contribution < 1.29 is 26.4 Å². The van der Waals surface area contributed by atoms with Crippen LogP contribution in [-0.2, 0) is 26.6 Å². The van der Waals surface area contributed by atoms with Gasteiger partial charge in [-0.3, -0.25) is 4.79 Å². The molecule has 3 rings (SSSR count). The number of likely N-dealkylation sites (tertiary alicyclic amines) is 1. The molecule has 0 atom stereocenters. The van der Waals surface area contributed by atoms with Crippen LogP contribution in [0.2, 0.25) is 0 Å². The average Bonchev–Trinajstić information content (AvgIpc) is 3.14. The number of halogens is 3. The summed E-state index contributed by atoms with van der Waals surface area (Å²) in [5, 5.41) is 2.03. The van der Waals surface area contributed by atoms with E-state index < -0.39 is 21.6 Å². The zero-order valence-corrected chi connectivity index (χ0v) is 17.2. The van der Waals surface area contributed by atoms with E-state index in [2.05, 4.69) is 4.98 Å². The summed E-state index contributed by atoms with van der Waals surface area (Å²) < 4.78 is 62.7. The Morgan fingerprint density at radius 1 is 1.10 bits per heavy atom. The van der Waals surface area contributed by atoms with Gasteiger partial charge in [-0.15, -0.1) is 11.3 Å². The molecule has 29 heavy (non-hydrogen) atoms. The maximum Gasteiger partial charge on any atom is 0.416 e. The van der Waals surface area contributed by atoms with Crippen molar-refractivity contribution in [2.75, 3.05) is 18.8 Å². The molecule has 0 radical (unpaired) electrons. The van der Waals surface area contributed by atoms with Crippen molar-refractivity contribution in [3.63, 3.8) is 0 Å². The molecule has 2 heterocycles. The van der Waals surface area contributed by atoms with Gasteiger partial charge in [-0.25, -0.2) is 13.4 Å². The van der Waals surface area contributed by atoms with Gasteiger partial charge in [-0.2, -0.15) is 13.2 Å². The highest BCUT2D eigenvalue weighted by atomic mass is 32.2. The van der Waals surface area contributed by atoms with E-state index in [0.29, 0.717) is 29.4 Å². The zero-order chi connectivity index (χ0) is 21.1. The van der Waals surface area contributed by atoms with Crippen LogP contribution in [0.25, 0.3) is 10.6 Å². The van der Waals surface area contributed by atoms with Crippen molar-refractivity contribution in [3.05, 3.63) is 40.9 Å². The van der Waals surface area contributed by atoms with E-state index in [1.54, 1.807) is 10.3 Å². The number of piperidine rings is 1. The fraction of sp³-hybridized carbons (Fsp3) is 0.474. The third-order valence-electron chi connectivity index (χ3n) is 4.71. The number of alkyl halides is 3. The summed E-state index contributed by atoms with van der Waals surface area (Å²) in [6.45, 7) is 1.36. The van der Waals surface area contributed by atoms with Crippen molar-refractivity contribution >= 4 is 27.1 Å². The summed E-state index contributed by atoms with van der Waals surface area (Å²) >= 11 is 1.17. The first kappa shape index (κ1) is 21.8. The highest BCUT2D eigenvalue weighted by Crippen LogP contribution is 2.32. The van der Waals surface area contributed by atoms with Gasteiger partial charge < -0.3 is 4.90 Å². The lowest BCUT2D eigenvalue weighted by molar-refractivity contribution is -0.137. The predicted octanol–water partition coefficient (Wildman–Crippen LogP) is 4.15. The minimum Gasteiger partial charge on any atom is -0.343 e. The molecule has 158 valence electrons. The van der Waals surface area contributed by atoms with Crippen LogP contribution >= 0.6 is 11.3 Å². The maximum absolute atomic E-state index is 12.7. The summed E-state index contributed by atoms with van der Waals surface area (Å²) in [5.41, 5.74) is 0.0706. The molecular weight excluding hydrogens is 425 g/mol. The monoisotopic (exact) mass is 446 g/mol. The van der Waals surface area contributed by atoms with E-state index in [-0.39, 0.29) is 23.8 Å². The normalized spacial score (nSPS) is 15.5. The van der Waals surface area contributed by atoms with Crippen LogP contribution in [-0.4, -0.2) is 43.1 Å². The van der Waals surface area contributed by atoms with Crippen molar-refractivity contribution in [3.8, 4) is 10.6 Å². The number of hydrogen-bond donors (Lipinski definition) is 0. The number of benzene rings is 1. The Kier molecular flexibility index (Phi) is 6.62. The Morgan fingerprint density at radius 2 is 1.76 bits per heavy atom. The van der Waals surface area contributed by atoms with E-state index in [4.69, 9.17) is 0 Å². The molecule has 1 saturated heterocycles. The lowest BCUT2D eigenvalue weighted by Gasteiger charge is -2.26. The Balaban J connectivity index is 1.59. The Hall–Kier alpha value is -1.94. The van der Waals surface area contributed by atoms with Gasteiger partial charge in [-0.05, 0) is 31.4 Å². The molecule has 2 aromatic rings. The lowest BCUT2D eigenvalue weighted by Crippen LogP contribution is -2.36. The second kappa shape index (κ2) is 8.83. The van der Waals surface area contributed by atoms with E-state index >= 15 is 0 Å². The summed E-state index contributed by atoms with van der Waals surface area (Å²) in [7, 11) is -3.52. The molecule has 1 amide bonds. The second-order valence-corrected chi connectivity index (χ2v) is 10.0. The van der Waals surface area contributed by atoms with Crippen molar-refractivity contribution in [2.45, 2.75) is 37.6 Å². The molecule has 1 aromatic carbocycles. The second-order valence-electron chi connectivity index (χ2n) is 7.00. The molecule has 0 unspecified atom stereocenters. The van der Waals surface area contributed by atoms with Crippen molar-refractivity contribution in [1.82, 2.24) is 9.88 Å². The molecule has 5 nitrogen and oxygen atoms in total. The van der Waals surface area contributed by atoms with Crippen LogP contribution < -0.4 is 0 Å². The summed E-state index contributed by atoms with van der Waals surface area (Å²) in [5.74, 6) is -0.677. The first-order valence-electron chi connectivity index (χ1n) is 9.24. The Morgan fingerprint density at radius 3 is 2.38 bits per heavy atom. The molecule has 1 aromatic heterocycles. The van der Waals surface area contributed by atoms with Crippen molar-refractivity contribution in [1.29, 1.82) is 0 Å². The molecule has 0 aliphatic carbocycles. The third kappa shape index (κ3) is 6.02. The molecular formula is C19H21F3N2O3S2. The predicted molar refractivity (Wildman–Crippen MR) is 105 cm³/mol. The van der Waals surface area contributed by atoms with Gasteiger partial charge in [0.25, 0.3) is 0 Å². The van der Waals surface area contributed by atoms with Gasteiger partial charge in [0.05, 0.1) is 22.8 Å². The molecule has 0 bridgehead atoms. The summed E-state index contributed by atoms with van der Waals surface area (Å²) in [6.07, 6.45) is -1.47. The minimum atomic E-state index is -4.41. The van der Waals surface area contributed by atoms with E-state index in [0.717, 1.165) is 31.4 Å². The van der Waals surface area contributed by atoms with Gasteiger partial charge in [0, 0.05) is 30.5 Å². The Bertz CT molecular complexity index is 948. The fourth-order valence-electron chi connectivity index (χ4n) is 3.15. The molecule has 1 aliphatic heterocycles. The van der Waals surface area contributed by atoms with Crippen molar-refractivity contribution in [2.24, 2.45) is 0 Å². The number of sulfone groups is 1. The smallest absolute Gasteiger partial charge is 0.343 e. The third-order valence-corrected chi connectivity index (χ3v) is 7.22. The summed E-state index contributed by atoms with van der Waals surface area (Å²) in [6, 6.07) is 4.58. The Labute approximate surface area is 171 Å². The van der Waals surface area contributed by atoms with E-state index in [1.165, 1.54) is 23.5 Å². The maximum atomic E-state index is 12.7.